The Bertz CT molecular complexity index is 524. The summed E-state index contributed by atoms with van der Waals surface area (Å²) >= 11 is 0. The molecule has 3 nitrogen and oxygen atoms in total. The Morgan fingerprint density at radius 3 is 2.61 bits per heavy atom. The van der Waals surface area contributed by atoms with Crippen molar-refractivity contribution in [3.05, 3.63) is 30.0 Å². The maximum atomic E-state index is 5.87. The second-order valence-corrected chi connectivity index (χ2v) is 5.20. The molecule has 1 aromatic heterocycles. The lowest BCUT2D eigenvalue weighted by Crippen LogP contribution is -2.23. The van der Waals surface area contributed by atoms with E-state index in [2.05, 4.69) is 11.0 Å². The highest BCUT2D eigenvalue weighted by molar-refractivity contribution is 5.81. The van der Waals surface area contributed by atoms with Gasteiger partial charge in [0, 0.05) is 17.1 Å². The molecule has 0 aliphatic carbocycles. The fraction of sp³-hybridized carbons (Fsp3) is 0.467. The van der Waals surface area contributed by atoms with E-state index in [-0.39, 0.29) is 0 Å². The third kappa shape index (κ3) is 2.51. The van der Waals surface area contributed by atoms with Crippen LogP contribution in [0.15, 0.2) is 28.7 Å². The van der Waals surface area contributed by atoms with Gasteiger partial charge in [0.05, 0.1) is 6.54 Å². The molecule has 2 aromatic rings. The quantitative estimate of drug-likeness (QED) is 0.823. The second kappa shape index (κ2) is 5.02. The summed E-state index contributed by atoms with van der Waals surface area (Å²) in [5, 5.41) is 1.15. The van der Waals surface area contributed by atoms with E-state index in [0.29, 0.717) is 0 Å². The molecule has 3 heteroatoms. The molecule has 0 atom stereocenters. The van der Waals surface area contributed by atoms with Crippen LogP contribution in [0.3, 0.4) is 0 Å². The van der Waals surface area contributed by atoms with Gasteiger partial charge in [-0.1, -0.05) is 12.8 Å². The molecule has 2 heterocycles. The predicted molar refractivity (Wildman–Crippen MR) is 74.4 cm³/mol. The Morgan fingerprint density at radius 1 is 1.06 bits per heavy atom. The molecule has 3 rings (SSSR count). The summed E-state index contributed by atoms with van der Waals surface area (Å²) in [7, 11) is 0. The zero-order valence-electron chi connectivity index (χ0n) is 10.7. The molecule has 0 saturated carbocycles. The molecule has 0 radical (unpaired) electrons. The summed E-state index contributed by atoms with van der Waals surface area (Å²) in [6, 6.07) is 7.99. The van der Waals surface area contributed by atoms with E-state index >= 15 is 0 Å². The largest absolute Gasteiger partial charge is 0.460 e. The number of nitrogens with two attached hydrogens (primary N) is 1. The molecule has 18 heavy (non-hydrogen) atoms. The monoisotopic (exact) mass is 244 g/mol. The Morgan fingerprint density at radius 2 is 1.83 bits per heavy atom. The maximum Gasteiger partial charge on any atom is 0.136 e. The van der Waals surface area contributed by atoms with Crippen molar-refractivity contribution in [1.82, 2.24) is 4.90 Å². The van der Waals surface area contributed by atoms with Crippen LogP contribution >= 0.6 is 0 Å². The van der Waals surface area contributed by atoms with Crippen LogP contribution < -0.4 is 5.73 Å². The Labute approximate surface area is 108 Å². The molecular formula is C15H20N2O. The van der Waals surface area contributed by atoms with Gasteiger partial charge in [-0.25, -0.2) is 0 Å². The van der Waals surface area contributed by atoms with E-state index in [1.165, 1.54) is 38.8 Å². The standard InChI is InChI=1S/C15H20N2O/c16-13-6-5-12-9-14(18-15(12)10-13)11-17-7-3-1-2-4-8-17/h5-6,9-10H,1-4,7-8,11,16H2. The van der Waals surface area contributed by atoms with Crippen LogP contribution in [0.4, 0.5) is 5.69 Å². The van der Waals surface area contributed by atoms with Crippen LogP contribution in [-0.2, 0) is 6.54 Å². The number of fused-ring (bicyclic) bond motifs is 1. The topological polar surface area (TPSA) is 42.4 Å². The van der Waals surface area contributed by atoms with Gasteiger partial charge in [-0.2, -0.15) is 0 Å². The van der Waals surface area contributed by atoms with Crippen molar-refractivity contribution in [1.29, 1.82) is 0 Å². The van der Waals surface area contributed by atoms with Crippen LogP contribution in [-0.4, -0.2) is 18.0 Å². The average Bonchev–Trinajstić information content (AvgIpc) is 2.57. The number of rotatable bonds is 2. The zero-order valence-corrected chi connectivity index (χ0v) is 10.7. The first kappa shape index (κ1) is 11.6. The van der Waals surface area contributed by atoms with Gasteiger partial charge >= 0.3 is 0 Å². The first-order valence-electron chi connectivity index (χ1n) is 6.81. The molecule has 0 bridgehead atoms. The summed E-state index contributed by atoms with van der Waals surface area (Å²) in [5.74, 6) is 1.05. The fourth-order valence-corrected chi connectivity index (χ4v) is 2.70. The predicted octanol–water partition coefficient (Wildman–Crippen LogP) is 3.39. The minimum Gasteiger partial charge on any atom is -0.460 e. The number of nitrogen functional groups attached to an aromatic ring is 1. The molecule has 2 N–H and O–H groups in total. The third-order valence-electron chi connectivity index (χ3n) is 3.67. The van der Waals surface area contributed by atoms with Crippen molar-refractivity contribution in [2.75, 3.05) is 18.8 Å². The van der Waals surface area contributed by atoms with Gasteiger partial charge in [0.25, 0.3) is 0 Å². The van der Waals surface area contributed by atoms with Crippen LogP contribution in [0.5, 0.6) is 0 Å². The Hall–Kier alpha value is -1.48. The highest BCUT2D eigenvalue weighted by Gasteiger charge is 2.12. The van der Waals surface area contributed by atoms with E-state index in [0.717, 1.165) is 29.0 Å². The van der Waals surface area contributed by atoms with Crippen LogP contribution in [0.1, 0.15) is 31.4 Å². The summed E-state index contributed by atoms with van der Waals surface area (Å²) < 4.78 is 5.87. The first-order chi connectivity index (χ1) is 8.81. The fourth-order valence-electron chi connectivity index (χ4n) is 2.70. The van der Waals surface area contributed by atoms with Gasteiger partial charge in [0.15, 0.2) is 0 Å². The summed E-state index contributed by atoms with van der Waals surface area (Å²) in [6.45, 7) is 3.31. The lowest BCUT2D eigenvalue weighted by Gasteiger charge is -2.17. The molecule has 0 spiro atoms. The number of hydrogen-bond donors (Lipinski definition) is 1. The minimum atomic E-state index is 0.762. The normalized spacial score (nSPS) is 18.0. The minimum absolute atomic E-state index is 0.762. The van der Waals surface area contributed by atoms with Gasteiger partial charge in [-0.15, -0.1) is 0 Å². The van der Waals surface area contributed by atoms with Crippen LogP contribution in [0.25, 0.3) is 11.0 Å². The van der Waals surface area contributed by atoms with Gasteiger partial charge in [-0.05, 0) is 44.1 Å². The van der Waals surface area contributed by atoms with Crippen molar-refractivity contribution >= 4 is 16.7 Å². The highest BCUT2D eigenvalue weighted by atomic mass is 16.3. The number of nitrogens with zero attached hydrogens (tertiary/aromatic N) is 1. The van der Waals surface area contributed by atoms with Gasteiger partial charge in [0.1, 0.15) is 11.3 Å². The van der Waals surface area contributed by atoms with Crippen molar-refractivity contribution in [3.63, 3.8) is 0 Å². The maximum absolute atomic E-state index is 5.87. The SMILES string of the molecule is Nc1ccc2cc(CN3CCCCCC3)oc2c1. The Kier molecular flexibility index (Phi) is 3.24. The molecule has 1 aliphatic heterocycles. The second-order valence-electron chi connectivity index (χ2n) is 5.20. The molecule has 96 valence electrons. The van der Waals surface area contributed by atoms with E-state index in [1.807, 2.05) is 18.2 Å². The average molecular weight is 244 g/mol. The van der Waals surface area contributed by atoms with Crippen LogP contribution in [0, 0.1) is 0 Å². The highest BCUT2D eigenvalue weighted by Crippen LogP contribution is 2.23. The van der Waals surface area contributed by atoms with Crippen LogP contribution in [0.2, 0.25) is 0 Å². The number of furan rings is 1. The third-order valence-corrected chi connectivity index (χ3v) is 3.67. The summed E-state index contributed by atoms with van der Waals surface area (Å²) in [5.41, 5.74) is 7.43. The van der Waals surface area contributed by atoms with Gasteiger partial charge < -0.3 is 10.2 Å². The lowest BCUT2D eigenvalue weighted by atomic mass is 10.2. The molecule has 0 amide bonds. The molecule has 0 unspecified atom stereocenters. The number of anilines is 1. The van der Waals surface area contributed by atoms with Crippen molar-refractivity contribution < 1.29 is 4.42 Å². The van der Waals surface area contributed by atoms with E-state index < -0.39 is 0 Å². The molecule has 1 aromatic carbocycles. The summed E-state index contributed by atoms with van der Waals surface area (Å²) in [6.07, 6.45) is 5.36. The summed E-state index contributed by atoms with van der Waals surface area (Å²) in [4.78, 5) is 2.49. The number of benzene rings is 1. The Balaban J connectivity index is 1.77. The van der Waals surface area contributed by atoms with Crippen molar-refractivity contribution in [2.45, 2.75) is 32.2 Å². The molecule has 1 saturated heterocycles. The smallest absolute Gasteiger partial charge is 0.136 e. The lowest BCUT2D eigenvalue weighted by molar-refractivity contribution is 0.256. The molecule has 1 fully saturated rings. The van der Waals surface area contributed by atoms with Gasteiger partial charge in [-0.3, -0.25) is 4.90 Å². The number of likely N-dealkylation sites (tertiary alicyclic amines) is 1. The first-order valence-corrected chi connectivity index (χ1v) is 6.81. The van der Waals surface area contributed by atoms with E-state index in [9.17, 15) is 0 Å². The molecule has 1 aliphatic rings. The number of hydrogen-bond acceptors (Lipinski definition) is 3. The van der Waals surface area contributed by atoms with Gasteiger partial charge in [0.2, 0.25) is 0 Å². The zero-order chi connectivity index (χ0) is 12.4. The molecular weight excluding hydrogens is 224 g/mol. The van der Waals surface area contributed by atoms with Crippen molar-refractivity contribution in [3.8, 4) is 0 Å². The van der Waals surface area contributed by atoms with Crippen molar-refractivity contribution in [2.24, 2.45) is 0 Å². The van der Waals surface area contributed by atoms with E-state index in [4.69, 9.17) is 10.2 Å². The van der Waals surface area contributed by atoms with E-state index in [1.54, 1.807) is 0 Å².